The van der Waals surface area contributed by atoms with Crippen molar-refractivity contribution in [1.82, 2.24) is 0 Å². The number of allylic oxidation sites excluding steroid dienone is 1. The maximum Gasteiger partial charge on any atom is 0.228 e. The number of unbranched alkanes of at least 4 members (excludes halogenated alkanes) is 6. The average molecular weight is 237 g/mol. The number of hydrogen-bond donors (Lipinski definition) is 0. The summed E-state index contributed by atoms with van der Waals surface area (Å²) in [7, 11) is 0. The first kappa shape index (κ1) is 16.4. The Balaban J connectivity index is 3.68. The van der Waals surface area contributed by atoms with Crippen LogP contribution in [0.3, 0.4) is 0 Å². The van der Waals surface area contributed by atoms with Crippen LogP contribution in [0.4, 0.5) is 0 Å². The van der Waals surface area contributed by atoms with Crippen molar-refractivity contribution in [1.29, 1.82) is 0 Å². The molecule has 0 saturated heterocycles. The van der Waals surface area contributed by atoms with Gasteiger partial charge in [-0.2, -0.15) is 0 Å². The molecule has 0 saturated carbocycles. The smallest absolute Gasteiger partial charge is 0.228 e. The summed E-state index contributed by atoms with van der Waals surface area (Å²) in [6.07, 6.45) is 14.5. The molecule has 0 aliphatic carbocycles. The van der Waals surface area contributed by atoms with Crippen molar-refractivity contribution in [3.8, 4) is 0 Å². The second-order valence-electron chi connectivity index (χ2n) is 5.02. The Labute approximate surface area is 108 Å². The van der Waals surface area contributed by atoms with E-state index in [1.54, 1.807) is 0 Å². The highest BCUT2D eigenvalue weighted by molar-refractivity contribution is 5.73. The van der Waals surface area contributed by atoms with Crippen molar-refractivity contribution < 1.29 is 4.79 Å². The lowest BCUT2D eigenvalue weighted by Gasteiger charge is -2.15. The molecule has 0 aliphatic rings. The van der Waals surface area contributed by atoms with Crippen molar-refractivity contribution >= 4 is 6.29 Å². The maximum absolute atomic E-state index is 10.7. The SMILES string of the molecule is C=C([C]=O)C(CCCC)CCCCCCCC. The molecule has 0 spiro atoms. The van der Waals surface area contributed by atoms with Crippen LogP contribution >= 0.6 is 0 Å². The zero-order valence-corrected chi connectivity index (χ0v) is 11.8. The van der Waals surface area contributed by atoms with Gasteiger partial charge in [-0.05, 0) is 24.3 Å². The van der Waals surface area contributed by atoms with Crippen molar-refractivity contribution in [3.63, 3.8) is 0 Å². The standard InChI is InChI=1S/C16H29O/c1-4-6-8-9-10-11-13-16(12-7-5-2)15(3)14-17/h16H,3-13H2,1-2H3. The average Bonchev–Trinajstić information content (AvgIpc) is 2.36. The van der Waals surface area contributed by atoms with Gasteiger partial charge in [-0.25, -0.2) is 0 Å². The molecular weight excluding hydrogens is 208 g/mol. The zero-order chi connectivity index (χ0) is 12.9. The minimum absolute atomic E-state index is 0.388. The lowest BCUT2D eigenvalue weighted by atomic mass is 9.90. The predicted molar refractivity (Wildman–Crippen MR) is 75.8 cm³/mol. The van der Waals surface area contributed by atoms with Crippen LogP contribution < -0.4 is 0 Å². The molecule has 1 nitrogen and oxygen atoms in total. The van der Waals surface area contributed by atoms with Crippen LogP contribution in [0.2, 0.25) is 0 Å². The summed E-state index contributed by atoms with van der Waals surface area (Å²) in [6, 6.07) is 0. The molecule has 1 heteroatoms. The van der Waals surface area contributed by atoms with Crippen LogP contribution in [0, 0.1) is 5.92 Å². The van der Waals surface area contributed by atoms with Crippen molar-refractivity contribution in [2.24, 2.45) is 5.92 Å². The lowest BCUT2D eigenvalue weighted by Crippen LogP contribution is -2.05. The van der Waals surface area contributed by atoms with Gasteiger partial charge in [-0.3, -0.25) is 4.79 Å². The quantitative estimate of drug-likeness (QED) is 0.336. The van der Waals surface area contributed by atoms with Gasteiger partial charge < -0.3 is 0 Å². The fourth-order valence-electron chi connectivity index (χ4n) is 2.20. The molecule has 1 radical (unpaired) electrons. The van der Waals surface area contributed by atoms with Crippen LogP contribution in [-0.2, 0) is 4.79 Å². The summed E-state index contributed by atoms with van der Waals surface area (Å²) in [4.78, 5) is 10.7. The zero-order valence-electron chi connectivity index (χ0n) is 11.8. The Kier molecular flexibility index (Phi) is 11.5. The molecule has 0 aromatic carbocycles. The highest BCUT2D eigenvalue weighted by Crippen LogP contribution is 2.22. The van der Waals surface area contributed by atoms with Gasteiger partial charge in [-0.15, -0.1) is 0 Å². The van der Waals surface area contributed by atoms with Gasteiger partial charge in [0.25, 0.3) is 0 Å². The van der Waals surface area contributed by atoms with E-state index in [2.05, 4.69) is 20.4 Å². The van der Waals surface area contributed by atoms with E-state index in [1.807, 2.05) is 6.29 Å². The minimum atomic E-state index is 0.388. The predicted octanol–water partition coefficient (Wildman–Crippen LogP) is 5.21. The van der Waals surface area contributed by atoms with E-state index < -0.39 is 0 Å². The van der Waals surface area contributed by atoms with Gasteiger partial charge in [0.15, 0.2) is 0 Å². The van der Waals surface area contributed by atoms with E-state index in [0.29, 0.717) is 11.5 Å². The van der Waals surface area contributed by atoms with Crippen molar-refractivity contribution in [2.75, 3.05) is 0 Å². The number of rotatable bonds is 12. The van der Waals surface area contributed by atoms with Gasteiger partial charge in [0.1, 0.15) is 0 Å². The summed E-state index contributed by atoms with van der Waals surface area (Å²) in [5.41, 5.74) is 0.687. The van der Waals surface area contributed by atoms with Gasteiger partial charge in [0.2, 0.25) is 6.29 Å². The van der Waals surface area contributed by atoms with Crippen molar-refractivity contribution in [2.45, 2.75) is 78.1 Å². The van der Waals surface area contributed by atoms with E-state index in [0.717, 1.165) is 12.8 Å². The topological polar surface area (TPSA) is 17.1 Å². The highest BCUT2D eigenvalue weighted by Gasteiger charge is 2.11. The Morgan fingerprint density at radius 3 is 2.06 bits per heavy atom. The minimum Gasteiger partial charge on any atom is -0.285 e. The first-order valence-corrected chi connectivity index (χ1v) is 7.33. The molecule has 0 aliphatic heterocycles. The summed E-state index contributed by atoms with van der Waals surface area (Å²) >= 11 is 0. The van der Waals surface area contributed by atoms with E-state index in [9.17, 15) is 4.79 Å². The molecule has 17 heavy (non-hydrogen) atoms. The molecule has 0 aromatic rings. The summed E-state index contributed by atoms with van der Waals surface area (Å²) < 4.78 is 0. The molecule has 99 valence electrons. The first-order chi connectivity index (χ1) is 8.26. The molecule has 0 bridgehead atoms. The second kappa shape index (κ2) is 11.9. The molecule has 1 unspecified atom stereocenters. The summed E-state index contributed by atoms with van der Waals surface area (Å²) in [5, 5.41) is 0. The maximum atomic E-state index is 10.7. The fraction of sp³-hybridized carbons (Fsp3) is 0.812. The monoisotopic (exact) mass is 237 g/mol. The molecule has 0 heterocycles. The Hall–Kier alpha value is -0.590. The van der Waals surface area contributed by atoms with E-state index in [1.165, 1.54) is 51.4 Å². The summed E-state index contributed by atoms with van der Waals surface area (Å²) in [6.45, 7) is 8.26. The van der Waals surface area contributed by atoms with E-state index in [4.69, 9.17) is 0 Å². The third-order valence-electron chi connectivity index (χ3n) is 3.44. The number of carbonyl (C=O) groups excluding carboxylic acids is 1. The molecular formula is C16H29O. The largest absolute Gasteiger partial charge is 0.285 e. The van der Waals surface area contributed by atoms with Gasteiger partial charge in [0, 0.05) is 0 Å². The molecule has 0 aromatic heterocycles. The highest BCUT2D eigenvalue weighted by atomic mass is 16.1. The normalized spacial score (nSPS) is 12.4. The van der Waals surface area contributed by atoms with Gasteiger partial charge in [-0.1, -0.05) is 71.8 Å². The van der Waals surface area contributed by atoms with E-state index in [-0.39, 0.29) is 0 Å². The molecule has 0 N–H and O–H groups in total. The lowest BCUT2D eigenvalue weighted by molar-refractivity contribution is 0.464. The van der Waals surface area contributed by atoms with Gasteiger partial charge >= 0.3 is 0 Å². The molecule has 1 atom stereocenters. The second-order valence-corrected chi connectivity index (χ2v) is 5.02. The van der Waals surface area contributed by atoms with E-state index >= 15 is 0 Å². The van der Waals surface area contributed by atoms with Crippen molar-refractivity contribution in [3.05, 3.63) is 12.2 Å². The fourth-order valence-corrected chi connectivity index (χ4v) is 2.20. The third-order valence-corrected chi connectivity index (χ3v) is 3.44. The van der Waals surface area contributed by atoms with Crippen LogP contribution in [0.1, 0.15) is 78.1 Å². The van der Waals surface area contributed by atoms with Crippen LogP contribution in [0.25, 0.3) is 0 Å². The molecule has 0 fully saturated rings. The molecule has 0 amide bonds. The Morgan fingerprint density at radius 1 is 0.941 bits per heavy atom. The third kappa shape index (κ3) is 9.14. The Bertz CT molecular complexity index is 196. The van der Waals surface area contributed by atoms with Crippen LogP contribution in [0.5, 0.6) is 0 Å². The first-order valence-electron chi connectivity index (χ1n) is 7.33. The van der Waals surface area contributed by atoms with Crippen LogP contribution in [0.15, 0.2) is 12.2 Å². The van der Waals surface area contributed by atoms with Gasteiger partial charge in [0.05, 0.1) is 0 Å². The summed E-state index contributed by atoms with van der Waals surface area (Å²) in [5.74, 6) is 0.388. The Morgan fingerprint density at radius 2 is 1.47 bits per heavy atom. The van der Waals surface area contributed by atoms with Crippen LogP contribution in [-0.4, -0.2) is 6.29 Å². The molecule has 0 rings (SSSR count). The number of hydrogen-bond acceptors (Lipinski definition) is 1.